The van der Waals surface area contributed by atoms with E-state index in [2.05, 4.69) is 28.7 Å². The predicted octanol–water partition coefficient (Wildman–Crippen LogP) is 1.24. The molecule has 3 nitrogen and oxygen atoms in total. The average Bonchev–Trinajstić information content (AvgIpc) is 2.17. The van der Waals surface area contributed by atoms with Crippen LogP contribution in [0, 0.1) is 0 Å². The zero-order valence-electron chi connectivity index (χ0n) is 8.20. The Labute approximate surface area is 78.8 Å². The Morgan fingerprint density at radius 3 is 2.62 bits per heavy atom. The summed E-state index contributed by atoms with van der Waals surface area (Å²) in [6, 6.07) is 0.607. The van der Waals surface area contributed by atoms with E-state index in [-0.39, 0.29) is 0 Å². The molecule has 2 rings (SSSR count). The Hall–Kier alpha value is -0.960. The first kappa shape index (κ1) is 8.63. The molecule has 0 aromatic carbocycles. The lowest BCUT2D eigenvalue weighted by molar-refractivity contribution is 0.198. The number of hydrogen-bond acceptors (Lipinski definition) is 3. The molecule has 0 aliphatic carbocycles. The van der Waals surface area contributed by atoms with Crippen LogP contribution in [0.1, 0.15) is 25.2 Å². The fourth-order valence-electron chi connectivity index (χ4n) is 1.70. The van der Waals surface area contributed by atoms with Crippen LogP contribution in [0.3, 0.4) is 0 Å². The van der Waals surface area contributed by atoms with Gasteiger partial charge in [0.25, 0.3) is 0 Å². The predicted molar refractivity (Wildman–Crippen MR) is 51.3 cm³/mol. The van der Waals surface area contributed by atoms with Gasteiger partial charge in [0.2, 0.25) is 0 Å². The summed E-state index contributed by atoms with van der Waals surface area (Å²) in [5.41, 5.74) is 2.34. The minimum atomic E-state index is 0.607. The van der Waals surface area contributed by atoms with E-state index < -0.39 is 0 Å². The summed E-state index contributed by atoms with van der Waals surface area (Å²) >= 11 is 0. The van der Waals surface area contributed by atoms with Gasteiger partial charge in [-0.3, -0.25) is 14.9 Å². The third kappa shape index (κ3) is 1.70. The summed E-state index contributed by atoms with van der Waals surface area (Å²) in [6.45, 7) is 6.52. The van der Waals surface area contributed by atoms with Gasteiger partial charge in [0.15, 0.2) is 0 Å². The molecule has 1 aromatic rings. The first-order valence-electron chi connectivity index (χ1n) is 4.80. The maximum Gasteiger partial charge on any atom is 0.0759 e. The van der Waals surface area contributed by atoms with Crippen LogP contribution in [0.25, 0.3) is 0 Å². The molecule has 13 heavy (non-hydrogen) atoms. The third-order valence-electron chi connectivity index (χ3n) is 2.58. The number of rotatable bonds is 1. The second kappa shape index (κ2) is 3.42. The molecule has 0 amide bonds. The van der Waals surface area contributed by atoms with Gasteiger partial charge < -0.3 is 0 Å². The third-order valence-corrected chi connectivity index (χ3v) is 2.58. The fraction of sp³-hybridized carbons (Fsp3) is 0.600. The van der Waals surface area contributed by atoms with Gasteiger partial charge in [-0.2, -0.15) is 0 Å². The van der Waals surface area contributed by atoms with Gasteiger partial charge in [-0.15, -0.1) is 0 Å². The van der Waals surface area contributed by atoms with Crippen LogP contribution in [0.15, 0.2) is 12.4 Å². The van der Waals surface area contributed by atoms with Crippen molar-refractivity contribution in [3.8, 4) is 0 Å². The van der Waals surface area contributed by atoms with Gasteiger partial charge in [-0.1, -0.05) is 0 Å². The van der Waals surface area contributed by atoms with E-state index >= 15 is 0 Å². The van der Waals surface area contributed by atoms with Crippen LogP contribution >= 0.6 is 0 Å². The van der Waals surface area contributed by atoms with Crippen LogP contribution in [-0.4, -0.2) is 27.5 Å². The maximum absolute atomic E-state index is 4.35. The summed E-state index contributed by atoms with van der Waals surface area (Å²) in [5.74, 6) is 0. The molecule has 0 fully saturated rings. The van der Waals surface area contributed by atoms with Crippen molar-refractivity contribution < 1.29 is 0 Å². The highest BCUT2D eigenvalue weighted by Crippen LogP contribution is 2.15. The summed E-state index contributed by atoms with van der Waals surface area (Å²) in [6.07, 6.45) is 4.61. The van der Waals surface area contributed by atoms with E-state index in [9.17, 15) is 0 Å². The molecule has 0 unspecified atom stereocenters. The highest BCUT2D eigenvalue weighted by atomic mass is 15.2. The lowest BCUT2D eigenvalue weighted by Crippen LogP contribution is -2.36. The van der Waals surface area contributed by atoms with Crippen molar-refractivity contribution in [3.05, 3.63) is 23.8 Å². The van der Waals surface area contributed by atoms with E-state index in [4.69, 9.17) is 0 Å². The Balaban J connectivity index is 2.20. The molecule has 2 heterocycles. The van der Waals surface area contributed by atoms with Gasteiger partial charge >= 0.3 is 0 Å². The monoisotopic (exact) mass is 177 g/mol. The summed E-state index contributed by atoms with van der Waals surface area (Å²) in [5, 5.41) is 0. The molecule has 0 N–H and O–H groups in total. The van der Waals surface area contributed by atoms with Gasteiger partial charge in [-0.05, 0) is 13.8 Å². The molecule has 0 radical (unpaired) electrons. The number of hydrogen-bond donors (Lipinski definition) is 0. The van der Waals surface area contributed by atoms with E-state index in [0.717, 1.165) is 25.2 Å². The van der Waals surface area contributed by atoms with Crippen LogP contribution in [0.4, 0.5) is 0 Å². The Morgan fingerprint density at radius 1 is 1.23 bits per heavy atom. The zero-order chi connectivity index (χ0) is 9.26. The van der Waals surface area contributed by atoms with Crippen molar-refractivity contribution >= 4 is 0 Å². The van der Waals surface area contributed by atoms with Crippen molar-refractivity contribution in [2.75, 3.05) is 6.54 Å². The van der Waals surface area contributed by atoms with Crippen LogP contribution in [0.2, 0.25) is 0 Å². The SMILES string of the molecule is CC(C)N1CCc2nccnc2C1. The van der Waals surface area contributed by atoms with Crippen molar-refractivity contribution in [1.29, 1.82) is 0 Å². The van der Waals surface area contributed by atoms with Gasteiger partial charge in [0, 0.05) is 37.9 Å². The summed E-state index contributed by atoms with van der Waals surface area (Å²) < 4.78 is 0. The minimum absolute atomic E-state index is 0.607. The van der Waals surface area contributed by atoms with Crippen molar-refractivity contribution in [2.45, 2.75) is 32.9 Å². The van der Waals surface area contributed by atoms with Gasteiger partial charge in [-0.25, -0.2) is 0 Å². The van der Waals surface area contributed by atoms with E-state index in [0.29, 0.717) is 6.04 Å². The molecule has 1 aliphatic rings. The zero-order valence-corrected chi connectivity index (χ0v) is 8.20. The largest absolute Gasteiger partial charge is 0.295 e. The quantitative estimate of drug-likeness (QED) is 0.646. The summed E-state index contributed by atoms with van der Waals surface area (Å²) in [7, 11) is 0. The highest BCUT2D eigenvalue weighted by molar-refractivity contribution is 5.13. The first-order valence-corrected chi connectivity index (χ1v) is 4.80. The van der Waals surface area contributed by atoms with Crippen molar-refractivity contribution in [2.24, 2.45) is 0 Å². The molecule has 0 atom stereocenters. The fourth-order valence-corrected chi connectivity index (χ4v) is 1.70. The Bertz CT molecular complexity index is 296. The molecule has 0 saturated heterocycles. The second-order valence-corrected chi connectivity index (χ2v) is 3.76. The standard InChI is InChI=1S/C10H15N3/c1-8(2)13-6-3-9-10(7-13)12-5-4-11-9/h4-5,8H,3,6-7H2,1-2H3. The first-order chi connectivity index (χ1) is 6.27. The van der Waals surface area contributed by atoms with E-state index in [1.807, 2.05) is 0 Å². The Morgan fingerprint density at radius 2 is 1.92 bits per heavy atom. The average molecular weight is 177 g/mol. The molecular formula is C10H15N3. The molecular weight excluding hydrogens is 162 g/mol. The smallest absolute Gasteiger partial charge is 0.0759 e. The maximum atomic E-state index is 4.35. The molecule has 1 aromatic heterocycles. The molecule has 0 spiro atoms. The summed E-state index contributed by atoms with van der Waals surface area (Å²) in [4.78, 5) is 11.1. The van der Waals surface area contributed by atoms with Gasteiger partial charge in [0.1, 0.15) is 0 Å². The van der Waals surface area contributed by atoms with Crippen LogP contribution in [0.5, 0.6) is 0 Å². The topological polar surface area (TPSA) is 29.0 Å². The van der Waals surface area contributed by atoms with Gasteiger partial charge in [0.05, 0.1) is 11.4 Å². The van der Waals surface area contributed by atoms with Crippen molar-refractivity contribution in [3.63, 3.8) is 0 Å². The van der Waals surface area contributed by atoms with Crippen LogP contribution in [-0.2, 0) is 13.0 Å². The number of aromatic nitrogens is 2. The molecule has 0 bridgehead atoms. The normalized spacial score (nSPS) is 17.5. The second-order valence-electron chi connectivity index (χ2n) is 3.76. The number of fused-ring (bicyclic) bond motifs is 1. The minimum Gasteiger partial charge on any atom is -0.295 e. The lowest BCUT2D eigenvalue weighted by atomic mass is 10.1. The number of nitrogens with zero attached hydrogens (tertiary/aromatic N) is 3. The van der Waals surface area contributed by atoms with Crippen LogP contribution < -0.4 is 0 Å². The van der Waals surface area contributed by atoms with Crippen molar-refractivity contribution in [1.82, 2.24) is 14.9 Å². The molecule has 70 valence electrons. The lowest BCUT2D eigenvalue weighted by Gasteiger charge is -2.30. The van der Waals surface area contributed by atoms with E-state index in [1.54, 1.807) is 12.4 Å². The highest BCUT2D eigenvalue weighted by Gasteiger charge is 2.19. The molecule has 0 saturated carbocycles. The molecule has 3 heteroatoms. The Kier molecular flexibility index (Phi) is 2.27. The van der Waals surface area contributed by atoms with E-state index in [1.165, 1.54) is 5.69 Å². The molecule has 1 aliphatic heterocycles.